The van der Waals surface area contributed by atoms with Gasteiger partial charge in [-0.2, -0.15) is 0 Å². The molecule has 0 aliphatic rings. The van der Waals surface area contributed by atoms with Crippen LogP contribution in [0.25, 0.3) is 10.8 Å². The smallest absolute Gasteiger partial charge is 0.257 e. The minimum Gasteiger partial charge on any atom is -0.418 e. The van der Waals surface area contributed by atoms with Gasteiger partial charge in [0.05, 0.1) is 17.7 Å². The predicted molar refractivity (Wildman–Crippen MR) is 59.3 cm³/mol. The Morgan fingerprint density at radius 1 is 1.50 bits per heavy atom. The zero-order chi connectivity index (χ0) is 11.6. The maximum absolute atomic E-state index is 10.8. The molecule has 2 rings (SSSR count). The first-order valence-corrected chi connectivity index (χ1v) is 7.12. The summed E-state index contributed by atoms with van der Waals surface area (Å²) in [7, 11) is -3.24. The number of hydrogen-bond donors (Lipinski definition) is 1. The molecule has 0 aromatic carbocycles. The summed E-state index contributed by atoms with van der Waals surface area (Å²) in [4.78, 5) is 0.859. The van der Waals surface area contributed by atoms with E-state index >= 15 is 0 Å². The van der Waals surface area contributed by atoms with Crippen molar-refractivity contribution in [3.63, 3.8) is 0 Å². The molecule has 0 radical (unpaired) electrons. The van der Waals surface area contributed by atoms with Gasteiger partial charge in [-0.3, -0.25) is 0 Å². The summed E-state index contributed by atoms with van der Waals surface area (Å²) in [5.41, 5.74) is 0. The van der Waals surface area contributed by atoms with Gasteiger partial charge in [0.15, 0.2) is 0 Å². The van der Waals surface area contributed by atoms with Crippen LogP contribution in [0.15, 0.2) is 21.9 Å². The van der Waals surface area contributed by atoms with Crippen molar-refractivity contribution in [3.05, 3.63) is 23.4 Å². The van der Waals surface area contributed by atoms with E-state index in [1.165, 1.54) is 11.3 Å². The second-order valence-corrected chi connectivity index (χ2v) is 5.85. The fourth-order valence-electron chi connectivity index (χ4n) is 1.02. The van der Waals surface area contributed by atoms with Crippen LogP contribution in [0.4, 0.5) is 0 Å². The summed E-state index contributed by atoms with van der Waals surface area (Å²) in [5, 5.41) is 9.45. The van der Waals surface area contributed by atoms with Gasteiger partial charge in [-0.1, -0.05) is 6.07 Å². The van der Waals surface area contributed by atoms with Gasteiger partial charge in [0.1, 0.15) is 0 Å². The third-order valence-corrected chi connectivity index (χ3v) is 3.21. The molecule has 1 N–H and O–H groups in total. The van der Waals surface area contributed by atoms with Crippen LogP contribution in [0.1, 0.15) is 5.89 Å². The maximum atomic E-state index is 10.8. The fourth-order valence-corrected chi connectivity index (χ4v) is 2.05. The van der Waals surface area contributed by atoms with Crippen molar-refractivity contribution in [2.45, 2.75) is 6.54 Å². The lowest BCUT2D eigenvalue weighted by atomic mass is 10.5. The van der Waals surface area contributed by atoms with E-state index in [2.05, 4.69) is 14.9 Å². The summed E-state index contributed by atoms with van der Waals surface area (Å²) in [6, 6.07) is 3.73. The Morgan fingerprint density at radius 3 is 2.94 bits per heavy atom. The van der Waals surface area contributed by atoms with Gasteiger partial charge in [0.25, 0.3) is 5.89 Å². The highest BCUT2D eigenvalue weighted by atomic mass is 32.2. The number of aromatic nitrogens is 2. The zero-order valence-electron chi connectivity index (χ0n) is 8.37. The number of sulfonamides is 1. The van der Waals surface area contributed by atoms with E-state index in [9.17, 15) is 8.42 Å². The van der Waals surface area contributed by atoms with Crippen LogP contribution in [0, 0.1) is 0 Å². The van der Waals surface area contributed by atoms with Crippen LogP contribution in [0.3, 0.4) is 0 Å². The Labute approximate surface area is 96.4 Å². The molecule has 0 amide bonds. The number of thiophene rings is 1. The number of nitrogens with one attached hydrogen (secondary N) is 1. The first kappa shape index (κ1) is 11.2. The molecule has 2 aromatic rings. The van der Waals surface area contributed by atoms with Gasteiger partial charge in [0, 0.05) is 0 Å². The van der Waals surface area contributed by atoms with E-state index in [4.69, 9.17) is 4.42 Å². The van der Waals surface area contributed by atoms with Crippen molar-refractivity contribution in [2.24, 2.45) is 0 Å². The van der Waals surface area contributed by atoms with E-state index in [1.807, 2.05) is 17.5 Å². The molecule has 0 aliphatic heterocycles. The molecule has 0 bridgehead atoms. The van der Waals surface area contributed by atoms with Crippen LogP contribution < -0.4 is 4.72 Å². The van der Waals surface area contributed by atoms with E-state index in [0.29, 0.717) is 5.89 Å². The number of nitrogens with zero attached hydrogens (tertiary/aromatic N) is 2. The van der Waals surface area contributed by atoms with E-state index in [1.54, 1.807) is 0 Å². The predicted octanol–water partition coefficient (Wildman–Crippen LogP) is 0.847. The summed E-state index contributed by atoms with van der Waals surface area (Å²) in [5.74, 6) is 0.647. The molecule has 0 fully saturated rings. The zero-order valence-corrected chi connectivity index (χ0v) is 10.0. The van der Waals surface area contributed by atoms with E-state index < -0.39 is 10.0 Å². The first-order valence-electron chi connectivity index (χ1n) is 4.35. The average Bonchev–Trinajstić information content (AvgIpc) is 2.84. The Kier molecular flexibility index (Phi) is 3.03. The topological polar surface area (TPSA) is 85.1 Å². The van der Waals surface area contributed by atoms with Crippen LogP contribution in [-0.2, 0) is 16.6 Å². The van der Waals surface area contributed by atoms with E-state index in [0.717, 1.165) is 11.1 Å². The highest BCUT2D eigenvalue weighted by molar-refractivity contribution is 7.88. The van der Waals surface area contributed by atoms with Crippen molar-refractivity contribution in [1.82, 2.24) is 14.9 Å². The van der Waals surface area contributed by atoms with Crippen molar-refractivity contribution in [1.29, 1.82) is 0 Å². The molecule has 0 atom stereocenters. The lowest BCUT2D eigenvalue weighted by Crippen LogP contribution is -2.21. The molecular weight excluding hydrogens is 250 g/mol. The Bertz CT molecular complexity index is 559. The normalized spacial score (nSPS) is 11.8. The van der Waals surface area contributed by atoms with Crippen LogP contribution in [0.5, 0.6) is 0 Å². The van der Waals surface area contributed by atoms with Gasteiger partial charge in [-0.15, -0.1) is 21.5 Å². The minimum absolute atomic E-state index is 0.0111. The molecule has 2 aromatic heterocycles. The second-order valence-electron chi connectivity index (χ2n) is 3.07. The molecule has 16 heavy (non-hydrogen) atoms. The van der Waals surface area contributed by atoms with Crippen molar-refractivity contribution in [3.8, 4) is 10.8 Å². The molecular formula is C8H9N3O3S2. The molecule has 0 spiro atoms. The van der Waals surface area contributed by atoms with Crippen molar-refractivity contribution in [2.75, 3.05) is 6.26 Å². The summed E-state index contributed by atoms with van der Waals surface area (Å²) in [6.45, 7) is 0.0111. The molecule has 0 saturated heterocycles. The second kappa shape index (κ2) is 4.32. The molecule has 8 heteroatoms. The SMILES string of the molecule is CS(=O)(=O)NCc1nnc(-c2cccs2)o1. The molecule has 0 unspecified atom stereocenters. The van der Waals surface area contributed by atoms with Crippen LogP contribution in [0.2, 0.25) is 0 Å². The van der Waals surface area contributed by atoms with Crippen LogP contribution >= 0.6 is 11.3 Å². The average molecular weight is 259 g/mol. The Hall–Kier alpha value is -1.25. The fraction of sp³-hybridized carbons (Fsp3) is 0.250. The summed E-state index contributed by atoms with van der Waals surface area (Å²) in [6.07, 6.45) is 1.07. The maximum Gasteiger partial charge on any atom is 0.257 e. The van der Waals surface area contributed by atoms with Gasteiger partial charge < -0.3 is 4.42 Å². The standard InChI is InChI=1S/C8H9N3O3S2/c1-16(12,13)9-5-7-10-11-8(14-7)6-3-2-4-15-6/h2-4,9H,5H2,1H3. The molecule has 0 aliphatic carbocycles. The van der Waals surface area contributed by atoms with Crippen molar-refractivity contribution < 1.29 is 12.8 Å². The van der Waals surface area contributed by atoms with Gasteiger partial charge in [-0.05, 0) is 11.4 Å². The lowest BCUT2D eigenvalue weighted by Gasteiger charge is -1.95. The third kappa shape index (κ3) is 2.87. The van der Waals surface area contributed by atoms with Crippen LogP contribution in [-0.4, -0.2) is 24.9 Å². The lowest BCUT2D eigenvalue weighted by molar-refractivity contribution is 0.496. The molecule has 0 saturated carbocycles. The first-order chi connectivity index (χ1) is 7.54. The third-order valence-electron chi connectivity index (χ3n) is 1.68. The Balaban J connectivity index is 2.09. The quantitative estimate of drug-likeness (QED) is 0.879. The summed E-state index contributed by atoms with van der Waals surface area (Å²) < 4.78 is 29.2. The summed E-state index contributed by atoms with van der Waals surface area (Å²) >= 11 is 1.48. The van der Waals surface area contributed by atoms with Gasteiger partial charge in [-0.25, -0.2) is 13.1 Å². The Morgan fingerprint density at radius 2 is 2.31 bits per heavy atom. The number of hydrogen-bond acceptors (Lipinski definition) is 6. The van der Waals surface area contributed by atoms with Gasteiger partial charge in [0.2, 0.25) is 15.9 Å². The van der Waals surface area contributed by atoms with Crippen molar-refractivity contribution >= 4 is 21.4 Å². The number of rotatable bonds is 4. The van der Waals surface area contributed by atoms with Gasteiger partial charge >= 0.3 is 0 Å². The monoisotopic (exact) mass is 259 g/mol. The molecule has 86 valence electrons. The highest BCUT2D eigenvalue weighted by Gasteiger charge is 2.10. The molecule has 6 nitrogen and oxygen atoms in total. The largest absolute Gasteiger partial charge is 0.418 e. The minimum atomic E-state index is -3.24. The highest BCUT2D eigenvalue weighted by Crippen LogP contribution is 2.22. The van der Waals surface area contributed by atoms with E-state index in [-0.39, 0.29) is 12.4 Å². The molecule has 2 heterocycles.